The van der Waals surface area contributed by atoms with Crippen LogP contribution in [0.2, 0.25) is 5.04 Å². The molecule has 0 amide bonds. The number of carboxylic acids is 1. The molecule has 1 aliphatic carbocycles. The van der Waals surface area contributed by atoms with Gasteiger partial charge in [-0.25, -0.2) is 0 Å². The molecule has 2 aromatic carbocycles. The molecule has 0 heterocycles. The summed E-state index contributed by atoms with van der Waals surface area (Å²) in [6.45, 7) is 6.90. The third kappa shape index (κ3) is 4.39. The Labute approximate surface area is 169 Å². The summed E-state index contributed by atoms with van der Waals surface area (Å²) in [5.41, 5.74) is 0. The lowest BCUT2D eigenvalue weighted by Gasteiger charge is -2.46. The fourth-order valence-corrected chi connectivity index (χ4v) is 9.39. The highest BCUT2D eigenvalue weighted by atomic mass is 28.4. The molecule has 1 saturated carbocycles. The van der Waals surface area contributed by atoms with Crippen LogP contribution in [-0.4, -0.2) is 25.5 Å². The number of rotatable bonds is 6. The molecule has 28 heavy (non-hydrogen) atoms. The zero-order valence-corrected chi connectivity index (χ0v) is 18.2. The highest BCUT2D eigenvalue weighted by Gasteiger charge is 2.51. The smallest absolute Gasteiger partial charge is 0.303 e. The fraction of sp³-hybridized carbons (Fsp3) is 0.458. The third-order valence-corrected chi connectivity index (χ3v) is 11.1. The first-order valence-corrected chi connectivity index (χ1v) is 12.2. The van der Waals surface area contributed by atoms with Gasteiger partial charge in [-0.2, -0.15) is 0 Å². The molecule has 1 N–H and O–H groups in total. The van der Waals surface area contributed by atoms with Crippen molar-refractivity contribution in [2.24, 2.45) is 5.92 Å². The highest BCUT2D eigenvalue weighted by molar-refractivity contribution is 6.99. The zero-order chi connectivity index (χ0) is 20.2. The van der Waals surface area contributed by atoms with Crippen molar-refractivity contribution in [3.63, 3.8) is 0 Å². The summed E-state index contributed by atoms with van der Waals surface area (Å²) in [6.07, 6.45) is 4.25. The normalized spacial score (nSPS) is 20.7. The molecule has 1 aliphatic rings. The molecule has 2 aromatic rings. The lowest BCUT2D eigenvalue weighted by atomic mass is 9.85. The molecule has 0 radical (unpaired) electrons. The fourth-order valence-electron chi connectivity index (χ4n) is 4.64. The Morgan fingerprint density at radius 3 is 1.79 bits per heavy atom. The number of aliphatic carboxylic acids is 1. The molecular formula is C24H32O3Si. The van der Waals surface area contributed by atoms with Gasteiger partial charge in [-0.15, -0.1) is 0 Å². The van der Waals surface area contributed by atoms with Gasteiger partial charge >= 0.3 is 5.97 Å². The van der Waals surface area contributed by atoms with E-state index in [2.05, 4.69) is 81.4 Å². The van der Waals surface area contributed by atoms with E-state index in [0.717, 1.165) is 25.7 Å². The minimum Gasteiger partial charge on any atom is -0.481 e. The van der Waals surface area contributed by atoms with Crippen LogP contribution in [0.5, 0.6) is 0 Å². The molecular weight excluding hydrogens is 364 g/mol. The summed E-state index contributed by atoms with van der Waals surface area (Å²) in [7, 11) is -2.51. The summed E-state index contributed by atoms with van der Waals surface area (Å²) in [4.78, 5) is 11.1. The maximum Gasteiger partial charge on any atom is 0.303 e. The van der Waals surface area contributed by atoms with Crippen molar-refractivity contribution < 1.29 is 14.3 Å². The van der Waals surface area contributed by atoms with E-state index in [1.54, 1.807) is 0 Å². The van der Waals surface area contributed by atoms with Crippen LogP contribution < -0.4 is 10.4 Å². The average molecular weight is 397 g/mol. The number of benzene rings is 2. The predicted octanol–water partition coefficient (Wildman–Crippen LogP) is 4.60. The number of carboxylic acid groups (broad SMARTS) is 1. The van der Waals surface area contributed by atoms with Gasteiger partial charge in [0.1, 0.15) is 0 Å². The van der Waals surface area contributed by atoms with E-state index in [9.17, 15) is 4.79 Å². The first kappa shape index (κ1) is 20.8. The Hall–Kier alpha value is -1.91. The van der Waals surface area contributed by atoms with Crippen molar-refractivity contribution in [2.75, 3.05) is 0 Å². The Kier molecular flexibility index (Phi) is 6.41. The van der Waals surface area contributed by atoms with Crippen molar-refractivity contribution in [1.29, 1.82) is 0 Å². The predicted molar refractivity (Wildman–Crippen MR) is 117 cm³/mol. The van der Waals surface area contributed by atoms with Crippen molar-refractivity contribution in [1.82, 2.24) is 0 Å². The second kappa shape index (κ2) is 8.62. The van der Waals surface area contributed by atoms with Crippen LogP contribution in [0.15, 0.2) is 60.7 Å². The van der Waals surface area contributed by atoms with Crippen LogP contribution in [0.4, 0.5) is 0 Å². The minimum absolute atomic E-state index is 0.0202. The summed E-state index contributed by atoms with van der Waals surface area (Å²) in [5.74, 6) is -0.396. The van der Waals surface area contributed by atoms with E-state index in [0.29, 0.717) is 0 Å². The summed E-state index contributed by atoms with van der Waals surface area (Å²) in [5, 5.41) is 11.7. The Bertz CT molecular complexity index is 720. The van der Waals surface area contributed by atoms with Crippen molar-refractivity contribution in [2.45, 2.75) is 64.0 Å². The topological polar surface area (TPSA) is 46.5 Å². The third-order valence-electron chi connectivity index (χ3n) is 6.02. The Balaban J connectivity index is 1.95. The first-order chi connectivity index (χ1) is 13.3. The Morgan fingerprint density at radius 2 is 1.39 bits per heavy atom. The van der Waals surface area contributed by atoms with Gasteiger partial charge in [-0.05, 0) is 47.0 Å². The molecule has 3 rings (SSSR count). The molecule has 0 aromatic heterocycles. The van der Waals surface area contributed by atoms with E-state index in [-0.39, 0.29) is 23.5 Å². The second-order valence-corrected chi connectivity index (χ2v) is 13.3. The SMILES string of the molecule is CC(C)(C)[Si](OC1CCC(CC(=O)O)CC1)(c1ccccc1)c1ccccc1. The first-order valence-electron chi connectivity index (χ1n) is 10.3. The van der Waals surface area contributed by atoms with Gasteiger partial charge in [0.2, 0.25) is 0 Å². The van der Waals surface area contributed by atoms with E-state index in [1.807, 2.05) is 0 Å². The molecule has 150 valence electrons. The quantitative estimate of drug-likeness (QED) is 0.726. The van der Waals surface area contributed by atoms with Gasteiger partial charge in [-0.1, -0.05) is 81.4 Å². The largest absolute Gasteiger partial charge is 0.481 e. The van der Waals surface area contributed by atoms with Gasteiger partial charge < -0.3 is 9.53 Å². The van der Waals surface area contributed by atoms with Crippen LogP contribution >= 0.6 is 0 Å². The molecule has 3 nitrogen and oxygen atoms in total. The van der Waals surface area contributed by atoms with Crippen LogP contribution in [-0.2, 0) is 9.22 Å². The molecule has 4 heteroatoms. The van der Waals surface area contributed by atoms with E-state index in [4.69, 9.17) is 9.53 Å². The van der Waals surface area contributed by atoms with Gasteiger partial charge in [0.25, 0.3) is 8.32 Å². The molecule has 0 bridgehead atoms. The van der Waals surface area contributed by atoms with Gasteiger partial charge in [-0.3, -0.25) is 4.79 Å². The maximum absolute atomic E-state index is 11.1. The number of hydrogen-bond donors (Lipinski definition) is 1. The monoisotopic (exact) mass is 396 g/mol. The summed E-state index contributed by atoms with van der Waals surface area (Å²) < 4.78 is 7.16. The van der Waals surface area contributed by atoms with Crippen LogP contribution in [0.25, 0.3) is 0 Å². The van der Waals surface area contributed by atoms with E-state index in [1.165, 1.54) is 10.4 Å². The van der Waals surface area contributed by atoms with Gasteiger partial charge in [0.15, 0.2) is 0 Å². The van der Waals surface area contributed by atoms with Crippen molar-refractivity contribution in [3.8, 4) is 0 Å². The van der Waals surface area contributed by atoms with Crippen molar-refractivity contribution in [3.05, 3.63) is 60.7 Å². The standard InChI is InChI=1S/C24H32O3Si/c1-24(2,3)28(21-10-6-4-7-11-21,22-12-8-5-9-13-22)27-20-16-14-19(15-17-20)18-23(25)26/h4-13,19-20H,14-18H2,1-3H3,(H,25,26). The van der Waals surface area contributed by atoms with Gasteiger partial charge in [0.05, 0.1) is 0 Å². The molecule has 0 saturated heterocycles. The lowest BCUT2D eigenvalue weighted by Crippen LogP contribution is -2.67. The second-order valence-electron chi connectivity index (χ2n) is 9.02. The van der Waals surface area contributed by atoms with Crippen LogP contribution in [0, 0.1) is 5.92 Å². The molecule has 0 spiro atoms. The number of hydrogen-bond acceptors (Lipinski definition) is 2. The summed E-state index contributed by atoms with van der Waals surface area (Å²) in [6, 6.07) is 21.5. The Morgan fingerprint density at radius 1 is 0.929 bits per heavy atom. The van der Waals surface area contributed by atoms with E-state index < -0.39 is 14.3 Å². The minimum atomic E-state index is -2.51. The lowest BCUT2D eigenvalue weighted by molar-refractivity contribution is -0.138. The van der Waals surface area contributed by atoms with Crippen molar-refractivity contribution >= 4 is 24.7 Å². The molecule has 0 aliphatic heterocycles. The van der Waals surface area contributed by atoms with Gasteiger partial charge in [0, 0.05) is 12.5 Å². The summed E-state index contributed by atoms with van der Waals surface area (Å²) >= 11 is 0. The zero-order valence-electron chi connectivity index (χ0n) is 17.2. The van der Waals surface area contributed by atoms with Crippen LogP contribution in [0.1, 0.15) is 52.9 Å². The maximum atomic E-state index is 11.1. The van der Waals surface area contributed by atoms with E-state index >= 15 is 0 Å². The average Bonchev–Trinajstić information content (AvgIpc) is 2.67. The highest BCUT2D eigenvalue weighted by Crippen LogP contribution is 2.40. The number of carbonyl (C=O) groups is 1. The molecule has 1 fully saturated rings. The molecule has 0 atom stereocenters. The van der Waals surface area contributed by atoms with Crippen LogP contribution in [0.3, 0.4) is 0 Å². The molecule has 0 unspecified atom stereocenters.